The molecule has 22 heavy (non-hydrogen) atoms. The summed E-state index contributed by atoms with van der Waals surface area (Å²) in [7, 11) is 0. The van der Waals surface area contributed by atoms with Crippen molar-refractivity contribution < 1.29 is 19.1 Å². The summed E-state index contributed by atoms with van der Waals surface area (Å²) in [4.78, 5) is 26.1. The average Bonchev–Trinajstić information content (AvgIpc) is 2.89. The van der Waals surface area contributed by atoms with Crippen molar-refractivity contribution in [2.45, 2.75) is 25.8 Å². The summed E-state index contributed by atoms with van der Waals surface area (Å²) >= 11 is 0. The average molecular weight is 303 g/mol. The minimum Gasteiger partial charge on any atom is -0.447 e. The molecule has 2 heterocycles. The molecule has 2 amide bonds. The van der Waals surface area contributed by atoms with Crippen LogP contribution in [-0.4, -0.2) is 42.8 Å². The van der Waals surface area contributed by atoms with Gasteiger partial charge in [-0.1, -0.05) is 37.3 Å². The van der Waals surface area contributed by atoms with Crippen molar-refractivity contribution in [2.24, 2.45) is 11.8 Å². The highest BCUT2D eigenvalue weighted by Gasteiger charge is 2.42. The van der Waals surface area contributed by atoms with E-state index in [1.165, 1.54) is 4.90 Å². The van der Waals surface area contributed by atoms with Crippen molar-refractivity contribution in [3.8, 4) is 0 Å². The number of nitrogens with zero attached hydrogens (tertiary/aromatic N) is 1. The summed E-state index contributed by atoms with van der Waals surface area (Å²) in [5.74, 6) is -0.135. The SMILES string of the molecule is C[C@H]1COCC[C@@H]1C(=O)N1C(=O)OCC1Cc1ccccc1. The summed E-state index contributed by atoms with van der Waals surface area (Å²) in [6.45, 7) is 3.42. The predicted octanol–water partition coefficient (Wildman–Crippen LogP) is 2.25. The van der Waals surface area contributed by atoms with E-state index in [0.29, 0.717) is 26.1 Å². The molecular weight excluding hydrogens is 282 g/mol. The Bertz CT molecular complexity index is 545. The summed E-state index contributed by atoms with van der Waals surface area (Å²) < 4.78 is 10.5. The molecule has 2 aliphatic heterocycles. The van der Waals surface area contributed by atoms with E-state index in [1.54, 1.807) is 0 Å². The Kier molecular flexibility index (Phi) is 4.43. The third-order valence-electron chi connectivity index (χ3n) is 4.47. The zero-order chi connectivity index (χ0) is 15.5. The van der Waals surface area contributed by atoms with Crippen LogP contribution in [0.5, 0.6) is 0 Å². The Morgan fingerprint density at radius 3 is 2.77 bits per heavy atom. The first kappa shape index (κ1) is 15.0. The van der Waals surface area contributed by atoms with Crippen molar-refractivity contribution >= 4 is 12.0 Å². The fourth-order valence-corrected chi connectivity index (χ4v) is 3.19. The quantitative estimate of drug-likeness (QED) is 0.859. The molecule has 0 radical (unpaired) electrons. The minimum absolute atomic E-state index is 0.112. The molecule has 3 rings (SSSR count). The second-order valence-corrected chi connectivity index (χ2v) is 6.08. The minimum atomic E-state index is -0.510. The molecule has 0 N–H and O–H groups in total. The number of imide groups is 1. The standard InChI is InChI=1S/C17H21NO4/c1-12-10-21-8-7-15(12)16(19)18-14(11-22-17(18)20)9-13-5-3-2-4-6-13/h2-6,12,14-15H,7-11H2,1H3/t12-,14?,15-/m0/s1. The summed E-state index contributed by atoms with van der Waals surface area (Å²) in [6, 6.07) is 9.66. The molecule has 2 aliphatic rings. The van der Waals surface area contributed by atoms with Crippen LogP contribution < -0.4 is 0 Å². The number of hydrogen-bond donors (Lipinski definition) is 0. The van der Waals surface area contributed by atoms with Gasteiger partial charge in [-0.25, -0.2) is 9.69 Å². The second kappa shape index (κ2) is 6.48. The zero-order valence-corrected chi connectivity index (χ0v) is 12.7. The monoisotopic (exact) mass is 303 g/mol. The van der Waals surface area contributed by atoms with Crippen molar-refractivity contribution in [1.82, 2.24) is 4.90 Å². The van der Waals surface area contributed by atoms with Gasteiger partial charge in [-0.3, -0.25) is 4.79 Å². The first-order chi connectivity index (χ1) is 10.7. The fourth-order valence-electron chi connectivity index (χ4n) is 3.19. The molecule has 0 aromatic heterocycles. The highest BCUT2D eigenvalue weighted by Crippen LogP contribution is 2.27. The number of benzene rings is 1. The van der Waals surface area contributed by atoms with E-state index >= 15 is 0 Å². The fraction of sp³-hybridized carbons (Fsp3) is 0.529. The second-order valence-electron chi connectivity index (χ2n) is 6.08. The Hall–Kier alpha value is -1.88. The van der Waals surface area contributed by atoms with Gasteiger partial charge in [0.1, 0.15) is 6.61 Å². The topological polar surface area (TPSA) is 55.8 Å². The summed E-state index contributed by atoms with van der Waals surface area (Å²) in [5, 5.41) is 0. The highest BCUT2D eigenvalue weighted by atomic mass is 16.6. The molecule has 3 atom stereocenters. The van der Waals surface area contributed by atoms with Crippen molar-refractivity contribution in [3.05, 3.63) is 35.9 Å². The first-order valence-electron chi connectivity index (χ1n) is 7.78. The zero-order valence-electron chi connectivity index (χ0n) is 12.7. The molecule has 2 saturated heterocycles. The maximum Gasteiger partial charge on any atom is 0.416 e. The molecule has 5 nitrogen and oxygen atoms in total. The van der Waals surface area contributed by atoms with Gasteiger partial charge in [-0.05, 0) is 24.3 Å². The lowest BCUT2D eigenvalue weighted by Gasteiger charge is -2.31. The molecule has 2 fully saturated rings. The lowest BCUT2D eigenvalue weighted by molar-refractivity contribution is -0.139. The van der Waals surface area contributed by atoms with E-state index in [4.69, 9.17) is 9.47 Å². The third kappa shape index (κ3) is 2.99. The Balaban J connectivity index is 1.74. The number of ether oxygens (including phenoxy) is 2. The van der Waals surface area contributed by atoms with E-state index < -0.39 is 6.09 Å². The van der Waals surface area contributed by atoms with Gasteiger partial charge in [0.2, 0.25) is 5.91 Å². The molecular formula is C17H21NO4. The van der Waals surface area contributed by atoms with Crippen molar-refractivity contribution in [2.75, 3.05) is 19.8 Å². The van der Waals surface area contributed by atoms with E-state index in [-0.39, 0.29) is 30.4 Å². The van der Waals surface area contributed by atoms with Gasteiger partial charge in [-0.15, -0.1) is 0 Å². The molecule has 1 unspecified atom stereocenters. The van der Waals surface area contributed by atoms with E-state index in [1.807, 2.05) is 37.3 Å². The van der Waals surface area contributed by atoms with Crippen LogP contribution in [0.4, 0.5) is 4.79 Å². The van der Waals surface area contributed by atoms with Gasteiger partial charge < -0.3 is 9.47 Å². The molecule has 0 bridgehead atoms. The summed E-state index contributed by atoms with van der Waals surface area (Å²) in [6.07, 6.45) is 0.794. The highest BCUT2D eigenvalue weighted by molar-refractivity contribution is 5.95. The number of rotatable bonds is 3. The third-order valence-corrected chi connectivity index (χ3v) is 4.47. The van der Waals surface area contributed by atoms with Gasteiger partial charge in [0, 0.05) is 19.1 Å². The lowest BCUT2D eigenvalue weighted by atomic mass is 9.88. The van der Waals surface area contributed by atoms with Gasteiger partial charge in [0.25, 0.3) is 0 Å². The van der Waals surface area contributed by atoms with Gasteiger partial charge in [0.05, 0.1) is 6.04 Å². The van der Waals surface area contributed by atoms with E-state index in [2.05, 4.69) is 0 Å². The van der Waals surface area contributed by atoms with Gasteiger partial charge in [-0.2, -0.15) is 0 Å². The smallest absolute Gasteiger partial charge is 0.416 e. The Morgan fingerprint density at radius 2 is 2.05 bits per heavy atom. The molecule has 0 saturated carbocycles. The lowest BCUT2D eigenvalue weighted by Crippen LogP contribution is -2.47. The van der Waals surface area contributed by atoms with Crippen LogP contribution in [0.2, 0.25) is 0 Å². The molecule has 1 aromatic carbocycles. The maximum absolute atomic E-state index is 12.8. The maximum atomic E-state index is 12.8. The van der Waals surface area contributed by atoms with E-state index in [9.17, 15) is 9.59 Å². The normalized spacial score (nSPS) is 28.5. The van der Waals surface area contributed by atoms with E-state index in [0.717, 1.165) is 5.56 Å². The van der Waals surface area contributed by atoms with Crippen LogP contribution in [0.1, 0.15) is 18.9 Å². The number of carbonyl (C=O) groups is 2. The number of cyclic esters (lactones) is 1. The Morgan fingerprint density at radius 1 is 1.27 bits per heavy atom. The number of carbonyl (C=O) groups excluding carboxylic acids is 2. The molecule has 1 aromatic rings. The molecule has 0 aliphatic carbocycles. The van der Waals surface area contributed by atoms with Crippen molar-refractivity contribution in [1.29, 1.82) is 0 Å². The van der Waals surface area contributed by atoms with Crippen LogP contribution in [-0.2, 0) is 20.7 Å². The number of amides is 2. The van der Waals surface area contributed by atoms with Crippen LogP contribution in [0.15, 0.2) is 30.3 Å². The van der Waals surface area contributed by atoms with Crippen LogP contribution >= 0.6 is 0 Å². The van der Waals surface area contributed by atoms with Crippen molar-refractivity contribution in [3.63, 3.8) is 0 Å². The summed E-state index contributed by atoms with van der Waals surface area (Å²) in [5.41, 5.74) is 1.10. The molecule has 118 valence electrons. The van der Waals surface area contributed by atoms with Crippen LogP contribution in [0.25, 0.3) is 0 Å². The van der Waals surface area contributed by atoms with Gasteiger partial charge >= 0.3 is 6.09 Å². The first-order valence-corrected chi connectivity index (χ1v) is 7.78. The molecule has 5 heteroatoms. The van der Waals surface area contributed by atoms with Gasteiger partial charge in [0.15, 0.2) is 0 Å². The van der Waals surface area contributed by atoms with Crippen LogP contribution in [0, 0.1) is 11.8 Å². The molecule has 0 spiro atoms. The van der Waals surface area contributed by atoms with Crippen LogP contribution in [0.3, 0.4) is 0 Å². The largest absolute Gasteiger partial charge is 0.447 e. The Labute approximate surface area is 130 Å². The number of hydrogen-bond acceptors (Lipinski definition) is 4. The predicted molar refractivity (Wildman–Crippen MR) is 80.2 cm³/mol.